The van der Waals surface area contributed by atoms with Gasteiger partial charge in [0.1, 0.15) is 11.6 Å². The summed E-state index contributed by atoms with van der Waals surface area (Å²) in [6, 6.07) is 2.07. The van der Waals surface area contributed by atoms with Crippen LogP contribution in [0.3, 0.4) is 0 Å². The summed E-state index contributed by atoms with van der Waals surface area (Å²) in [5.74, 6) is 0.452. The van der Waals surface area contributed by atoms with Gasteiger partial charge in [-0.2, -0.15) is 13.2 Å². The minimum Gasteiger partial charge on any atom is -0.379 e. The highest BCUT2D eigenvalue weighted by atomic mass is 19.4. The first-order valence-electron chi connectivity index (χ1n) is 6.66. The molecule has 0 saturated carbocycles. The van der Waals surface area contributed by atoms with E-state index in [0.29, 0.717) is 19.8 Å². The van der Waals surface area contributed by atoms with Crippen molar-refractivity contribution in [3.8, 4) is 0 Å². The molecule has 0 aliphatic carbocycles. The fourth-order valence-electron chi connectivity index (χ4n) is 2.10. The Balaban J connectivity index is 2.19. The Morgan fingerprint density at radius 2 is 2.10 bits per heavy atom. The smallest absolute Gasteiger partial charge is 0.379 e. The fraction of sp³-hybridized carbons (Fsp3) is 0.615. The Morgan fingerprint density at radius 1 is 1.35 bits per heavy atom. The predicted molar refractivity (Wildman–Crippen MR) is 70.9 cm³/mol. The van der Waals surface area contributed by atoms with Gasteiger partial charge in [0.25, 0.3) is 0 Å². The van der Waals surface area contributed by atoms with Crippen molar-refractivity contribution >= 4 is 11.6 Å². The molecule has 1 aliphatic rings. The summed E-state index contributed by atoms with van der Waals surface area (Å²) < 4.78 is 43.9. The number of halogens is 3. The van der Waals surface area contributed by atoms with Gasteiger partial charge in [-0.3, -0.25) is 0 Å². The van der Waals surface area contributed by atoms with Gasteiger partial charge in [0.15, 0.2) is 0 Å². The van der Waals surface area contributed by atoms with E-state index < -0.39 is 11.7 Å². The van der Waals surface area contributed by atoms with Gasteiger partial charge in [0.2, 0.25) is 0 Å². The molecule has 1 aromatic rings. The molecule has 1 unspecified atom stereocenters. The van der Waals surface area contributed by atoms with Crippen molar-refractivity contribution in [3.05, 3.63) is 17.7 Å². The lowest BCUT2D eigenvalue weighted by molar-refractivity contribution is -0.137. The highest BCUT2D eigenvalue weighted by Gasteiger charge is 2.32. The van der Waals surface area contributed by atoms with Gasteiger partial charge in [-0.25, -0.2) is 4.98 Å². The highest BCUT2D eigenvalue weighted by molar-refractivity contribution is 5.50. The highest BCUT2D eigenvalue weighted by Crippen LogP contribution is 2.32. The van der Waals surface area contributed by atoms with Crippen molar-refractivity contribution in [2.75, 3.05) is 30.4 Å². The van der Waals surface area contributed by atoms with Crippen molar-refractivity contribution in [1.29, 1.82) is 0 Å². The van der Waals surface area contributed by atoms with Gasteiger partial charge in [0, 0.05) is 13.2 Å². The standard InChI is InChI=1S/C13H18F3N3O/c1-2-17-11-6-9(13(14,15)16)7-12(19-11)18-10-4-3-5-20-8-10/h6-7,10H,2-5,8H2,1H3,(H2,17,18,19). The number of anilines is 2. The molecule has 1 atom stereocenters. The number of aromatic nitrogens is 1. The summed E-state index contributed by atoms with van der Waals surface area (Å²) in [5.41, 5.74) is -0.706. The number of rotatable bonds is 4. The van der Waals surface area contributed by atoms with Crippen molar-refractivity contribution in [2.24, 2.45) is 0 Å². The zero-order valence-corrected chi connectivity index (χ0v) is 11.3. The molecule has 1 fully saturated rings. The average Bonchev–Trinajstić information content (AvgIpc) is 2.39. The number of alkyl halides is 3. The fourth-order valence-corrected chi connectivity index (χ4v) is 2.10. The van der Waals surface area contributed by atoms with E-state index in [1.807, 2.05) is 6.92 Å². The molecule has 0 amide bonds. The Labute approximate surface area is 115 Å². The normalized spacial score (nSPS) is 19.7. The van der Waals surface area contributed by atoms with E-state index in [1.54, 1.807) is 0 Å². The van der Waals surface area contributed by atoms with E-state index >= 15 is 0 Å². The number of nitrogens with zero attached hydrogens (tertiary/aromatic N) is 1. The van der Waals surface area contributed by atoms with Crippen LogP contribution in [0.2, 0.25) is 0 Å². The van der Waals surface area contributed by atoms with E-state index in [4.69, 9.17) is 4.74 Å². The third-order valence-electron chi connectivity index (χ3n) is 3.02. The second-order valence-corrected chi connectivity index (χ2v) is 4.71. The topological polar surface area (TPSA) is 46.2 Å². The molecule has 7 heteroatoms. The van der Waals surface area contributed by atoms with Crippen LogP contribution in [0.25, 0.3) is 0 Å². The SMILES string of the molecule is CCNc1cc(C(F)(F)F)cc(NC2CCCOC2)n1. The van der Waals surface area contributed by atoms with Crippen molar-refractivity contribution in [1.82, 2.24) is 4.98 Å². The van der Waals surface area contributed by atoms with Crippen molar-refractivity contribution in [3.63, 3.8) is 0 Å². The van der Waals surface area contributed by atoms with Crippen LogP contribution in [0.5, 0.6) is 0 Å². The summed E-state index contributed by atoms with van der Waals surface area (Å²) in [5, 5.41) is 5.83. The molecule has 1 saturated heterocycles. The lowest BCUT2D eigenvalue weighted by Gasteiger charge is -2.24. The molecule has 0 bridgehead atoms. The second kappa shape index (κ2) is 6.30. The number of hydrogen-bond donors (Lipinski definition) is 2. The van der Waals surface area contributed by atoms with Crippen molar-refractivity contribution in [2.45, 2.75) is 32.0 Å². The number of nitrogens with one attached hydrogen (secondary N) is 2. The van der Waals surface area contributed by atoms with Crippen LogP contribution in [-0.2, 0) is 10.9 Å². The van der Waals surface area contributed by atoms with Crippen LogP contribution in [0.15, 0.2) is 12.1 Å². The van der Waals surface area contributed by atoms with E-state index in [2.05, 4.69) is 15.6 Å². The molecule has 1 aliphatic heterocycles. The Morgan fingerprint density at radius 3 is 2.70 bits per heavy atom. The Hall–Kier alpha value is -1.50. The third-order valence-corrected chi connectivity index (χ3v) is 3.02. The molecule has 2 rings (SSSR count). The van der Waals surface area contributed by atoms with E-state index in [0.717, 1.165) is 25.0 Å². The molecule has 0 spiro atoms. The van der Waals surface area contributed by atoms with Crippen LogP contribution >= 0.6 is 0 Å². The molecule has 112 valence electrons. The lowest BCUT2D eigenvalue weighted by atomic mass is 10.1. The minimum atomic E-state index is -4.38. The Kier molecular flexibility index (Phi) is 4.69. The first-order valence-corrected chi connectivity index (χ1v) is 6.66. The lowest BCUT2D eigenvalue weighted by Crippen LogP contribution is -2.30. The van der Waals surface area contributed by atoms with Gasteiger partial charge >= 0.3 is 6.18 Å². The summed E-state index contributed by atoms with van der Waals surface area (Å²) in [4.78, 5) is 4.15. The van der Waals surface area contributed by atoms with Gasteiger partial charge in [-0.1, -0.05) is 0 Å². The van der Waals surface area contributed by atoms with E-state index in [9.17, 15) is 13.2 Å². The quantitative estimate of drug-likeness (QED) is 0.894. The molecule has 2 N–H and O–H groups in total. The molecular weight excluding hydrogens is 271 g/mol. The van der Waals surface area contributed by atoms with Gasteiger partial charge in [0.05, 0.1) is 18.2 Å². The van der Waals surface area contributed by atoms with Crippen LogP contribution in [-0.4, -0.2) is 30.8 Å². The molecule has 2 heterocycles. The van der Waals surface area contributed by atoms with Crippen LogP contribution in [0.1, 0.15) is 25.3 Å². The van der Waals surface area contributed by atoms with Crippen molar-refractivity contribution < 1.29 is 17.9 Å². The predicted octanol–water partition coefficient (Wildman–Crippen LogP) is 3.12. The molecule has 1 aromatic heterocycles. The minimum absolute atomic E-state index is 0.00853. The summed E-state index contributed by atoms with van der Waals surface area (Å²) in [6.45, 7) is 3.52. The number of hydrogen-bond acceptors (Lipinski definition) is 4. The average molecular weight is 289 g/mol. The Bertz CT molecular complexity index is 445. The van der Waals surface area contributed by atoms with Gasteiger partial charge in [-0.15, -0.1) is 0 Å². The van der Waals surface area contributed by atoms with E-state index in [1.165, 1.54) is 0 Å². The first kappa shape index (κ1) is 14.9. The zero-order valence-electron chi connectivity index (χ0n) is 11.3. The molecule has 0 radical (unpaired) electrons. The van der Waals surface area contributed by atoms with E-state index in [-0.39, 0.29) is 17.7 Å². The third kappa shape index (κ3) is 4.00. The van der Waals surface area contributed by atoms with Crippen LogP contribution < -0.4 is 10.6 Å². The second-order valence-electron chi connectivity index (χ2n) is 4.71. The summed E-state index contributed by atoms with van der Waals surface area (Å²) in [6.07, 6.45) is -2.61. The monoisotopic (exact) mass is 289 g/mol. The van der Waals surface area contributed by atoms with Crippen LogP contribution in [0.4, 0.5) is 24.8 Å². The maximum atomic E-state index is 12.9. The maximum absolute atomic E-state index is 12.9. The van der Waals surface area contributed by atoms with Gasteiger partial charge in [-0.05, 0) is 31.9 Å². The number of ether oxygens (including phenoxy) is 1. The maximum Gasteiger partial charge on any atom is 0.416 e. The molecule has 20 heavy (non-hydrogen) atoms. The summed E-state index contributed by atoms with van der Waals surface area (Å²) in [7, 11) is 0. The van der Waals surface area contributed by atoms with Gasteiger partial charge < -0.3 is 15.4 Å². The first-order chi connectivity index (χ1) is 9.49. The summed E-state index contributed by atoms with van der Waals surface area (Å²) >= 11 is 0. The number of pyridine rings is 1. The molecule has 4 nitrogen and oxygen atoms in total. The largest absolute Gasteiger partial charge is 0.416 e. The van der Waals surface area contributed by atoms with Crippen LogP contribution in [0, 0.1) is 0 Å². The molecular formula is C13H18F3N3O. The molecule has 0 aromatic carbocycles. The zero-order chi connectivity index (χ0) is 14.6.